The van der Waals surface area contributed by atoms with E-state index >= 15 is 0 Å². The molecule has 120 valence electrons. The Morgan fingerprint density at radius 1 is 1.25 bits per heavy atom. The normalized spacial score (nSPS) is 13.4. The maximum Gasteiger partial charge on any atom is 0.279 e. The fourth-order valence-corrected chi connectivity index (χ4v) is 3.63. The number of nitrogens with zero attached hydrogens (tertiary/aromatic N) is 2. The molecule has 0 aliphatic carbocycles. The fraction of sp³-hybridized carbons (Fsp3) is 0.111. The molecule has 0 fully saturated rings. The highest BCUT2D eigenvalue weighted by molar-refractivity contribution is 7.16. The number of rotatable bonds is 3. The predicted molar refractivity (Wildman–Crippen MR) is 92.5 cm³/mol. The number of allylic oxidation sites excluding steroid dienone is 1. The minimum absolute atomic E-state index is 0.234. The molecule has 1 aliphatic heterocycles. The lowest BCUT2D eigenvalue weighted by Gasteiger charge is -2.02. The summed E-state index contributed by atoms with van der Waals surface area (Å²) in [5, 5.41) is 0. The second kappa shape index (κ2) is 5.98. The Hall–Kier alpha value is -2.86. The molecular formula is C18H14N2O3S. The maximum atomic E-state index is 12.4. The highest BCUT2D eigenvalue weighted by Gasteiger charge is 2.17. The van der Waals surface area contributed by atoms with Crippen LogP contribution in [0.1, 0.15) is 10.4 Å². The van der Waals surface area contributed by atoms with Gasteiger partial charge in [0.25, 0.3) is 5.91 Å². The van der Waals surface area contributed by atoms with E-state index in [0.29, 0.717) is 22.7 Å². The Kier molecular flexibility index (Phi) is 3.66. The number of benzene rings is 2. The van der Waals surface area contributed by atoms with Crippen LogP contribution in [0.4, 0.5) is 0 Å². The molecule has 0 N–H and O–H groups in total. The Labute approximate surface area is 142 Å². The van der Waals surface area contributed by atoms with Gasteiger partial charge in [0.05, 0.1) is 10.2 Å². The van der Waals surface area contributed by atoms with E-state index in [0.717, 1.165) is 16.0 Å². The highest BCUT2D eigenvalue weighted by atomic mass is 32.1. The van der Waals surface area contributed by atoms with Crippen molar-refractivity contribution >= 4 is 27.5 Å². The third-order valence-corrected chi connectivity index (χ3v) is 4.75. The SMILES string of the molecule is C=CCn1c(=NC(=O)c2ccccc2)sc2cc3c(cc21)OCO3. The highest BCUT2D eigenvalue weighted by Crippen LogP contribution is 2.36. The van der Waals surface area contributed by atoms with Gasteiger partial charge >= 0.3 is 0 Å². The van der Waals surface area contributed by atoms with E-state index in [1.165, 1.54) is 11.3 Å². The molecule has 4 rings (SSSR count). The lowest BCUT2D eigenvalue weighted by Crippen LogP contribution is -2.16. The molecule has 2 aromatic carbocycles. The number of carbonyl (C=O) groups excluding carboxylic acids is 1. The Morgan fingerprint density at radius 3 is 2.75 bits per heavy atom. The van der Waals surface area contributed by atoms with Gasteiger partial charge in [0.15, 0.2) is 16.3 Å². The smallest absolute Gasteiger partial charge is 0.279 e. The van der Waals surface area contributed by atoms with Crippen molar-refractivity contribution in [1.82, 2.24) is 4.57 Å². The van der Waals surface area contributed by atoms with E-state index in [9.17, 15) is 4.79 Å². The van der Waals surface area contributed by atoms with Crippen LogP contribution in [0.15, 0.2) is 60.1 Å². The van der Waals surface area contributed by atoms with Crippen LogP contribution in [0.3, 0.4) is 0 Å². The molecule has 2 heterocycles. The van der Waals surface area contributed by atoms with Crippen LogP contribution >= 0.6 is 11.3 Å². The predicted octanol–water partition coefficient (Wildman–Crippen LogP) is 3.36. The number of aromatic nitrogens is 1. The third-order valence-electron chi connectivity index (χ3n) is 3.71. The zero-order valence-corrected chi connectivity index (χ0v) is 13.6. The van der Waals surface area contributed by atoms with Crippen molar-refractivity contribution in [1.29, 1.82) is 0 Å². The van der Waals surface area contributed by atoms with Crippen LogP contribution in [0.2, 0.25) is 0 Å². The molecular weight excluding hydrogens is 324 g/mol. The first-order valence-electron chi connectivity index (χ1n) is 7.44. The molecule has 0 spiro atoms. The summed E-state index contributed by atoms with van der Waals surface area (Å²) in [5.74, 6) is 1.16. The Morgan fingerprint density at radius 2 is 2.00 bits per heavy atom. The van der Waals surface area contributed by atoms with Crippen molar-refractivity contribution in [3.05, 3.63) is 65.5 Å². The number of hydrogen-bond donors (Lipinski definition) is 0. The van der Waals surface area contributed by atoms with Crippen molar-refractivity contribution in [3.63, 3.8) is 0 Å². The average Bonchev–Trinajstić information content (AvgIpc) is 3.18. The number of hydrogen-bond acceptors (Lipinski definition) is 4. The first-order valence-corrected chi connectivity index (χ1v) is 8.26. The summed E-state index contributed by atoms with van der Waals surface area (Å²) in [6.07, 6.45) is 1.78. The van der Waals surface area contributed by atoms with Crippen molar-refractivity contribution < 1.29 is 14.3 Å². The quantitative estimate of drug-likeness (QED) is 0.688. The van der Waals surface area contributed by atoms with Crippen LogP contribution in [0, 0.1) is 0 Å². The summed E-state index contributed by atoms with van der Waals surface area (Å²) in [7, 11) is 0. The van der Waals surface area contributed by atoms with Gasteiger partial charge in [-0.3, -0.25) is 4.79 Å². The molecule has 0 bridgehead atoms. The molecule has 0 unspecified atom stereocenters. The molecule has 0 saturated heterocycles. The largest absolute Gasteiger partial charge is 0.454 e. The minimum Gasteiger partial charge on any atom is -0.454 e. The van der Waals surface area contributed by atoms with Crippen LogP contribution < -0.4 is 14.3 Å². The molecule has 3 aromatic rings. The van der Waals surface area contributed by atoms with E-state index in [1.54, 1.807) is 18.2 Å². The summed E-state index contributed by atoms with van der Waals surface area (Å²) in [6.45, 7) is 4.58. The topological polar surface area (TPSA) is 52.8 Å². The van der Waals surface area contributed by atoms with Crippen LogP contribution in [-0.2, 0) is 6.54 Å². The maximum absolute atomic E-state index is 12.4. The van der Waals surface area contributed by atoms with E-state index in [2.05, 4.69) is 11.6 Å². The van der Waals surface area contributed by atoms with Gasteiger partial charge < -0.3 is 14.0 Å². The fourth-order valence-electron chi connectivity index (χ4n) is 2.58. The first-order chi connectivity index (χ1) is 11.8. The lowest BCUT2D eigenvalue weighted by molar-refractivity contribution is 0.0998. The minimum atomic E-state index is -0.264. The van der Waals surface area contributed by atoms with Crippen molar-refractivity contribution in [2.45, 2.75) is 6.54 Å². The van der Waals surface area contributed by atoms with Crippen molar-refractivity contribution in [2.24, 2.45) is 4.99 Å². The molecule has 1 amide bonds. The molecule has 0 atom stereocenters. The van der Waals surface area contributed by atoms with Crippen molar-refractivity contribution in [2.75, 3.05) is 6.79 Å². The van der Waals surface area contributed by atoms with Crippen molar-refractivity contribution in [3.8, 4) is 11.5 Å². The summed E-state index contributed by atoms with van der Waals surface area (Å²) in [5.41, 5.74) is 1.51. The summed E-state index contributed by atoms with van der Waals surface area (Å²) in [6, 6.07) is 12.9. The summed E-state index contributed by atoms with van der Waals surface area (Å²) >= 11 is 1.44. The number of ether oxygens (including phenoxy) is 2. The van der Waals surface area contributed by atoms with E-state index in [-0.39, 0.29) is 12.7 Å². The molecule has 0 saturated carbocycles. The zero-order valence-electron chi connectivity index (χ0n) is 12.8. The standard InChI is InChI=1S/C18H14N2O3S/c1-2-8-20-13-9-14-15(23-11-22-14)10-16(13)24-18(20)19-17(21)12-6-4-3-5-7-12/h2-7,9-10H,1,8,11H2. The van der Waals surface area contributed by atoms with Gasteiger partial charge in [0, 0.05) is 24.2 Å². The van der Waals surface area contributed by atoms with Crippen LogP contribution in [-0.4, -0.2) is 17.3 Å². The Balaban J connectivity index is 1.88. The van der Waals surface area contributed by atoms with E-state index < -0.39 is 0 Å². The number of carbonyl (C=O) groups is 1. The molecule has 0 radical (unpaired) electrons. The molecule has 5 nitrogen and oxygen atoms in total. The molecule has 24 heavy (non-hydrogen) atoms. The second-order valence-corrected chi connectivity index (χ2v) is 6.25. The monoisotopic (exact) mass is 338 g/mol. The van der Waals surface area contributed by atoms with Gasteiger partial charge in [-0.25, -0.2) is 0 Å². The van der Waals surface area contributed by atoms with Gasteiger partial charge in [0.1, 0.15) is 0 Å². The first kappa shape index (κ1) is 14.7. The number of amides is 1. The van der Waals surface area contributed by atoms with Gasteiger partial charge in [0.2, 0.25) is 6.79 Å². The zero-order chi connectivity index (χ0) is 16.5. The van der Waals surface area contributed by atoms with E-state index in [4.69, 9.17) is 9.47 Å². The molecule has 6 heteroatoms. The van der Waals surface area contributed by atoms with Gasteiger partial charge in [-0.05, 0) is 12.1 Å². The molecule has 1 aliphatic rings. The molecule has 1 aromatic heterocycles. The van der Waals surface area contributed by atoms with Gasteiger partial charge in [-0.15, -0.1) is 6.58 Å². The van der Waals surface area contributed by atoms with Crippen LogP contribution in [0.25, 0.3) is 10.2 Å². The number of fused-ring (bicyclic) bond motifs is 2. The third kappa shape index (κ3) is 2.51. The average molecular weight is 338 g/mol. The lowest BCUT2D eigenvalue weighted by atomic mass is 10.2. The number of thiazole rings is 1. The van der Waals surface area contributed by atoms with Crippen LogP contribution in [0.5, 0.6) is 11.5 Å². The van der Waals surface area contributed by atoms with Gasteiger partial charge in [-0.1, -0.05) is 35.6 Å². The Bertz CT molecular complexity index is 1000. The summed E-state index contributed by atoms with van der Waals surface area (Å²) < 4.78 is 13.8. The summed E-state index contributed by atoms with van der Waals surface area (Å²) in [4.78, 5) is 17.3. The van der Waals surface area contributed by atoms with Gasteiger partial charge in [-0.2, -0.15) is 4.99 Å². The van der Waals surface area contributed by atoms with E-state index in [1.807, 2.05) is 34.9 Å². The second-order valence-electron chi connectivity index (χ2n) is 5.24.